The number of aromatic nitrogens is 1. The first-order chi connectivity index (χ1) is 9.54. The van der Waals surface area contributed by atoms with Crippen LogP contribution in [-0.4, -0.2) is 17.5 Å². The molecule has 104 valence electrons. The van der Waals surface area contributed by atoms with E-state index in [0.29, 0.717) is 11.5 Å². The molecule has 0 saturated heterocycles. The van der Waals surface area contributed by atoms with Crippen LogP contribution >= 0.6 is 0 Å². The van der Waals surface area contributed by atoms with E-state index in [1.807, 2.05) is 0 Å². The topological polar surface area (TPSA) is 77.2 Å². The number of hydrogen-bond donors (Lipinski definition) is 2. The highest BCUT2D eigenvalue weighted by atomic mass is 19.3. The van der Waals surface area contributed by atoms with Crippen molar-refractivity contribution in [2.75, 3.05) is 11.1 Å². The second kappa shape index (κ2) is 5.96. The number of anilines is 2. The molecule has 7 heteroatoms. The number of benzene rings is 1. The lowest BCUT2D eigenvalue weighted by atomic mass is 10.2. The molecule has 0 aliphatic rings. The Bertz CT molecular complexity index is 603. The van der Waals surface area contributed by atoms with Gasteiger partial charge >= 0.3 is 6.61 Å². The summed E-state index contributed by atoms with van der Waals surface area (Å²) in [6.07, 6.45) is 1.39. The van der Waals surface area contributed by atoms with Crippen molar-refractivity contribution < 1.29 is 18.3 Å². The van der Waals surface area contributed by atoms with Crippen molar-refractivity contribution in [2.24, 2.45) is 0 Å². The standard InChI is InChI=1S/C13H11F2N3O2/c14-13(15)20-10-3-1-2-8(6-10)12(19)18-11-5-4-9(16)7-17-11/h1-7,13H,16H2,(H,17,18,19). The molecule has 0 atom stereocenters. The summed E-state index contributed by atoms with van der Waals surface area (Å²) in [5.74, 6) is -0.260. The molecular weight excluding hydrogens is 268 g/mol. The van der Waals surface area contributed by atoms with E-state index in [1.54, 1.807) is 6.07 Å². The molecule has 3 N–H and O–H groups in total. The second-order valence-electron chi connectivity index (χ2n) is 3.84. The summed E-state index contributed by atoms with van der Waals surface area (Å²) in [5, 5.41) is 2.52. The fourth-order valence-electron chi connectivity index (χ4n) is 1.48. The summed E-state index contributed by atoms with van der Waals surface area (Å²) in [4.78, 5) is 15.8. The minimum atomic E-state index is -2.94. The van der Waals surface area contributed by atoms with Crippen molar-refractivity contribution in [3.05, 3.63) is 48.2 Å². The maximum Gasteiger partial charge on any atom is 0.387 e. The predicted molar refractivity (Wildman–Crippen MR) is 69.7 cm³/mol. The highest BCUT2D eigenvalue weighted by Crippen LogP contribution is 2.17. The van der Waals surface area contributed by atoms with Crippen LogP contribution in [-0.2, 0) is 0 Å². The molecule has 0 bridgehead atoms. The van der Waals surface area contributed by atoms with E-state index in [1.165, 1.54) is 36.5 Å². The SMILES string of the molecule is Nc1ccc(NC(=O)c2cccc(OC(F)F)c2)nc1. The van der Waals surface area contributed by atoms with Crippen molar-refractivity contribution in [2.45, 2.75) is 6.61 Å². The van der Waals surface area contributed by atoms with Crippen molar-refractivity contribution in [1.29, 1.82) is 0 Å². The zero-order chi connectivity index (χ0) is 14.5. The third-order valence-electron chi connectivity index (χ3n) is 2.35. The Labute approximate surface area is 113 Å². The zero-order valence-corrected chi connectivity index (χ0v) is 10.2. The van der Waals surface area contributed by atoms with Crippen molar-refractivity contribution >= 4 is 17.4 Å². The van der Waals surface area contributed by atoms with Gasteiger partial charge in [-0.3, -0.25) is 4.79 Å². The average molecular weight is 279 g/mol. The molecule has 0 aliphatic heterocycles. The molecule has 0 radical (unpaired) electrons. The predicted octanol–water partition coefficient (Wildman–Crippen LogP) is 2.52. The second-order valence-corrected chi connectivity index (χ2v) is 3.84. The normalized spacial score (nSPS) is 10.3. The number of hydrogen-bond acceptors (Lipinski definition) is 4. The number of halogens is 2. The first-order valence-electron chi connectivity index (χ1n) is 5.62. The van der Waals surface area contributed by atoms with Gasteiger partial charge in [-0.25, -0.2) is 4.98 Å². The van der Waals surface area contributed by atoms with E-state index < -0.39 is 12.5 Å². The van der Waals surface area contributed by atoms with Gasteiger partial charge in [-0.1, -0.05) is 6.07 Å². The van der Waals surface area contributed by atoms with Crippen molar-refractivity contribution in [1.82, 2.24) is 4.98 Å². The minimum absolute atomic E-state index is 0.0853. The summed E-state index contributed by atoms with van der Waals surface area (Å²) in [7, 11) is 0. The molecule has 1 aromatic heterocycles. The first-order valence-corrected chi connectivity index (χ1v) is 5.62. The van der Waals surface area contributed by atoms with Crippen LogP contribution in [0.1, 0.15) is 10.4 Å². The Balaban J connectivity index is 2.10. The largest absolute Gasteiger partial charge is 0.435 e. The molecule has 0 unspecified atom stereocenters. The molecule has 0 saturated carbocycles. The van der Waals surface area contributed by atoms with Crippen LogP contribution in [0, 0.1) is 0 Å². The lowest BCUT2D eigenvalue weighted by molar-refractivity contribution is -0.0498. The summed E-state index contributed by atoms with van der Waals surface area (Å²) in [6.45, 7) is -2.94. The van der Waals surface area contributed by atoms with E-state index >= 15 is 0 Å². The fraction of sp³-hybridized carbons (Fsp3) is 0.0769. The van der Waals surface area contributed by atoms with Crippen LogP contribution in [0.5, 0.6) is 5.75 Å². The lowest BCUT2D eigenvalue weighted by Crippen LogP contribution is -2.13. The number of ether oxygens (including phenoxy) is 1. The third-order valence-corrected chi connectivity index (χ3v) is 2.35. The van der Waals surface area contributed by atoms with Gasteiger partial charge in [-0.2, -0.15) is 8.78 Å². The molecule has 1 heterocycles. The molecule has 2 aromatic rings. The summed E-state index contributed by atoms with van der Waals surface area (Å²) in [6, 6.07) is 8.60. The Morgan fingerprint density at radius 1 is 1.30 bits per heavy atom. The number of nitrogens with one attached hydrogen (secondary N) is 1. The number of pyridine rings is 1. The quantitative estimate of drug-likeness (QED) is 0.901. The molecule has 0 spiro atoms. The molecule has 20 heavy (non-hydrogen) atoms. The van der Waals surface area contributed by atoms with Gasteiger partial charge in [0.05, 0.1) is 11.9 Å². The smallest absolute Gasteiger partial charge is 0.387 e. The minimum Gasteiger partial charge on any atom is -0.435 e. The summed E-state index contributed by atoms with van der Waals surface area (Å²) >= 11 is 0. The average Bonchev–Trinajstić information content (AvgIpc) is 2.41. The first kappa shape index (κ1) is 13.7. The van der Waals surface area contributed by atoms with Gasteiger partial charge in [0, 0.05) is 5.56 Å². The number of nitrogen functional groups attached to an aromatic ring is 1. The van der Waals surface area contributed by atoms with Crippen LogP contribution < -0.4 is 15.8 Å². The van der Waals surface area contributed by atoms with Gasteiger partial charge in [0.1, 0.15) is 11.6 Å². The van der Waals surface area contributed by atoms with E-state index in [0.717, 1.165) is 0 Å². The maximum absolute atomic E-state index is 12.1. The number of carbonyl (C=O) groups excluding carboxylic acids is 1. The van der Waals surface area contributed by atoms with E-state index in [4.69, 9.17) is 5.73 Å². The molecular formula is C13H11F2N3O2. The summed E-state index contributed by atoms with van der Waals surface area (Å²) in [5.41, 5.74) is 6.12. The molecule has 0 aliphatic carbocycles. The van der Waals surface area contributed by atoms with Gasteiger partial charge in [-0.05, 0) is 30.3 Å². The van der Waals surface area contributed by atoms with Crippen LogP contribution in [0.4, 0.5) is 20.3 Å². The highest BCUT2D eigenvalue weighted by molar-refractivity contribution is 6.04. The van der Waals surface area contributed by atoms with Gasteiger partial charge in [-0.15, -0.1) is 0 Å². The highest BCUT2D eigenvalue weighted by Gasteiger charge is 2.10. The van der Waals surface area contributed by atoms with E-state index in [9.17, 15) is 13.6 Å². The zero-order valence-electron chi connectivity index (χ0n) is 10.2. The van der Waals surface area contributed by atoms with Gasteiger partial charge in [0.25, 0.3) is 5.91 Å². The monoisotopic (exact) mass is 279 g/mol. The Hall–Kier alpha value is -2.70. The number of nitrogens with zero attached hydrogens (tertiary/aromatic N) is 1. The van der Waals surface area contributed by atoms with Crippen LogP contribution in [0.25, 0.3) is 0 Å². The molecule has 1 amide bonds. The lowest BCUT2D eigenvalue weighted by Gasteiger charge is -2.07. The number of carbonyl (C=O) groups is 1. The van der Waals surface area contributed by atoms with Crippen LogP contribution in [0.15, 0.2) is 42.6 Å². The van der Waals surface area contributed by atoms with Crippen molar-refractivity contribution in [3.8, 4) is 5.75 Å². The molecule has 5 nitrogen and oxygen atoms in total. The van der Waals surface area contributed by atoms with Gasteiger partial charge in [0.15, 0.2) is 0 Å². The van der Waals surface area contributed by atoms with Crippen LogP contribution in [0.2, 0.25) is 0 Å². The van der Waals surface area contributed by atoms with Gasteiger partial charge in [0.2, 0.25) is 0 Å². The number of rotatable bonds is 4. The van der Waals surface area contributed by atoms with Gasteiger partial charge < -0.3 is 15.8 Å². The van der Waals surface area contributed by atoms with E-state index in [2.05, 4.69) is 15.0 Å². The fourth-order valence-corrected chi connectivity index (χ4v) is 1.48. The van der Waals surface area contributed by atoms with Crippen molar-refractivity contribution in [3.63, 3.8) is 0 Å². The Morgan fingerprint density at radius 2 is 2.10 bits per heavy atom. The summed E-state index contributed by atoms with van der Waals surface area (Å²) < 4.78 is 28.4. The Kier molecular flexibility index (Phi) is 4.09. The Morgan fingerprint density at radius 3 is 2.75 bits per heavy atom. The molecule has 0 fully saturated rings. The molecule has 1 aromatic carbocycles. The molecule has 2 rings (SSSR count). The number of alkyl halides is 2. The van der Waals surface area contributed by atoms with E-state index in [-0.39, 0.29) is 11.3 Å². The third kappa shape index (κ3) is 3.64. The number of nitrogens with two attached hydrogens (primary N) is 1. The van der Waals surface area contributed by atoms with Crippen LogP contribution in [0.3, 0.4) is 0 Å². The number of amides is 1. The maximum atomic E-state index is 12.1.